The molecule has 0 amide bonds. The third-order valence-corrected chi connectivity index (χ3v) is 4.10. The predicted molar refractivity (Wildman–Crippen MR) is 77.7 cm³/mol. The van der Waals surface area contributed by atoms with E-state index < -0.39 is 14.9 Å². The average molecular weight is 308 g/mol. The van der Waals surface area contributed by atoms with Crippen LogP contribution in [0.2, 0.25) is 0 Å². The number of nitrogens with zero attached hydrogens (tertiary/aromatic N) is 2. The summed E-state index contributed by atoms with van der Waals surface area (Å²) in [7, 11) is -2.37. The maximum atomic E-state index is 12.3. The van der Waals surface area contributed by atoms with Crippen LogP contribution in [0.5, 0.6) is 0 Å². The number of hydrogen-bond acceptors (Lipinski definition) is 6. The quantitative estimate of drug-likeness (QED) is 0.643. The summed E-state index contributed by atoms with van der Waals surface area (Å²) in [4.78, 5) is 13.9. The molecular weight excluding hydrogens is 296 g/mol. The van der Waals surface area contributed by atoms with Crippen LogP contribution in [-0.4, -0.2) is 25.4 Å². The van der Waals surface area contributed by atoms with Crippen molar-refractivity contribution in [2.45, 2.75) is 4.90 Å². The summed E-state index contributed by atoms with van der Waals surface area (Å²) in [6.07, 6.45) is 2.90. The monoisotopic (exact) mass is 308 g/mol. The Labute approximate surface area is 121 Å². The van der Waals surface area contributed by atoms with Crippen molar-refractivity contribution in [1.29, 1.82) is 0 Å². The molecule has 1 aromatic heterocycles. The molecule has 9 heteroatoms. The van der Waals surface area contributed by atoms with Gasteiger partial charge in [-0.15, -0.1) is 0 Å². The van der Waals surface area contributed by atoms with Crippen molar-refractivity contribution in [2.75, 3.05) is 17.1 Å². The Balaban J connectivity index is 2.42. The number of sulfonamides is 1. The molecule has 2 rings (SSSR count). The van der Waals surface area contributed by atoms with Gasteiger partial charge in [-0.25, -0.2) is 8.42 Å². The van der Waals surface area contributed by atoms with Crippen LogP contribution in [0.4, 0.5) is 17.1 Å². The zero-order valence-corrected chi connectivity index (χ0v) is 11.8. The molecule has 0 spiro atoms. The number of nitro groups is 1. The highest BCUT2D eigenvalue weighted by molar-refractivity contribution is 7.92. The first kappa shape index (κ1) is 14.7. The molecule has 0 aliphatic carbocycles. The summed E-state index contributed by atoms with van der Waals surface area (Å²) in [6, 6.07) is 6.50. The van der Waals surface area contributed by atoms with Crippen LogP contribution in [0.1, 0.15) is 0 Å². The molecule has 2 N–H and O–H groups in total. The van der Waals surface area contributed by atoms with Gasteiger partial charge in [0, 0.05) is 31.6 Å². The van der Waals surface area contributed by atoms with E-state index >= 15 is 0 Å². The second-order valence-corrected chi connectivity index (χ2v) is 5.68. The number of pyridine rings is 1. The molecule has 0 radical (unpaired) electrons. The minimum Gasteiger partial charge on any atom is -0.387 e. The Kier molecular flexibility index (Phi) is 4.03. The molecule has 0 saturated heterocycles. The summed E-state index contributed by atoms with van der Waals surface area (Å²) in [5, 5.41) is 13.4. The molecule has 0 aliphatic rings. The van der Waals surface area contributed by atoms with Gasteiger partial charge in [-0.05, 0) is 18.2 Å². The van der Waals surface area contributed by atoms with Crippen LogP contribution < -0.4 is 10.0 Å². The minimum atomic E-state index is -3.86. The van der Waals surface area contributed by atoms with Gasteiger partial charge in [0.1, 0.15) is 4.90 Å². The van der Waals surface area contributed by atoms with Crippen molar-refractivity contribution < 1.29 is 13.3 Å². The molecule has 0 unspecified atom stereocenters. The molecule has 2 aromatic rings. The third kappa shape index (κ3) is 3.26. The van der Waals surface area contributed by atoms with E-state index in [-0.39, 0.29) is 16.3 Å². The smallest absolute Gasteiger partial charge is 0.271 e. The minimum absolute atomic E-state index is 0.0765. The first-order chi connectivity index (χ1) is 9.94. The molecule has 1 aromatic carbocycles. The number of benzene rings is 1. The van der Waals surface area contributed by atoms with Gasteiger partial charge in [0.15, 0.2) is 0 Å². The lowest BCUT2D eigenvalue weighted by atomic mass is 10.3. The zero-order valence-electron chi connectivity index (χ0n) is 11.0. The number of nitro benzene ring substituents is 1. The summed E-state index contributed by atoms with van der Waals surface area (Å²) in [5.41, 5.74) is 0.304. The Morgan fingerprint density at radius 3 is 2.43 bits per heavy atom. The summed E-state index contributed by atoms with van der Waals surface area (Å²) in [5.74, 6) is 0. The number of aromatic nitrogens is 1. The van der Waals surface area contributed by atoms with Crippen LogP contribution >= 0.6 is 0 Å². The zero-order chi connectivity index (χ0) is 15.5. The maximum Gasteiger partial charge on any atom is 0.271 e. The van der Waals surface area contributed by atoms with E-state index in [1.54, 1.807) is 0 Å². The Morgan fingerprint density at radius 1 is 1.19 bits per heavy atom. The molecule has 21 heavy (non-hydrogen) atoms. The van der Waals surface area contributed by atoms with E-state index in [9.17, 15) is 18.5 Å². The fourth-order valence-corrected chi connectivity index (χ4v) is 2.95. The van der Waals surface area contributed by atoms with E-state index in [1.807, 2.05) is 0 Å². The van der Waals surface area contributed by atoms with Crippen LogP contribution in [-0.2, 0) is 10.0 Å². The average Bonchev–Trinajstić information content (AvgIpc) is 2.47. The van der Waals surface area contributed by atoms with E-state index in [0.717, 1.165) is 6.07 Å². The van der Waals surface area contributed by atoms with E-state index in [1.165, 1.54) is 43.7 Å². The molecule has 1 heterocycles. The van der Waals surface area contributed by atoms with Gasteiger partial charge in [0.2, 0.25) is 0 Å². The van der Waals surface area contributed by atoms with Gasteiger partial charge >= 0.3 is 0 Å². The molecule has 0 atom stereocenters. The summed E-state index contributed by atoms with van der Waals surface area (Å²) >= 11 is 0. The number of anilines is 2. The lowest BCUT2D eigenvalue weighted by Crippen LogP contribution is -2.15. The topological polar surface area (TPSA) is 114 Å². The molecule has 0 fully saturated rings. The normalized spacial score (nSPS) is 10.9. The van der Waals surface area contributed by atoms with Crippen LogP contribution in [0, 0.1) is 10.1 Å². The van der Waals surface area contributed by atoms with Gasteiger partial charge in [-0.1, -0.05) is 0 Å². The van der Waals surface area contributed by atoms with Crippen LogP contribution in [0.3, 0.4) is 0 Å². The second-order valence-electron chi connectivity index (χ2n) is 4.03. The second kappa shape index (κ2) is 5.75. The van der Waals surface area contributed by atoms with Gasteiger partial charge in [-0.3, -0.25) is 19.8 Å². The van der Waals surface area contributed by atoms with Crippen molar-refractivity contribution in [3.63, 3.8) is 0 Å². The van der Waals surface area contributed by atoms with Gasteiger partial charge in [0.05, 0.1) is 16.3 Å². The molecular formula is C12H12N4O4S. The van der Waals surface area contributed by atoms with Crippen molar-refractivity contribution in [3.05, 3.63) is 52.8 Å². The fraction of sp³-hybridized carbons (Fsp3) is 0.0833. The van der Waals surface area contributed by atoms with E-state index in [2.05, 4.69) is 15.0 Å². The highest BCUT2D eigenvalue weighted by Gasteiger charge is 2.21. The van der Waals surface area contributed by atoms with Crippen LogP contribution in [0.15, 0.2) is 47.6 Å². The Morgan fingerprint density at radius 2 is 1.86 bits per heavy atom. The number of hydrogen-bond donors (Lipinski definition) is 2. The number of nitrogens with one attached hydrogen (secondary N) is 2. The Bertz CT molecular complexity index is 762. The Hall–Kier alpha value is -2.68. The first-order valence-electron chi connectivity index (χ1n) is 5.83. The first-order valence-corrected chi connectivity index (χ1v) is 7.31. The highest BCUT2D eigenvalue weighted by Crippen LogP contribution is 2.27. The third-order valence-electron chi connectivity index (χ3n) is 2.67. The maximum absolute atomic E-state index is 12.3. The van der Waals surface area contributed by atoms with Crippen LogP contribution in [0.25, 0.3) is 0 Å². The van der Waals surface area contributed by atoms with Crippen molar-refractivity contribution >= 4 is 27.1 Å². The molecule has 0 saturated carbocycles. The molecule has 0 bridgehead atoms. The summed E-state index contributed by atoms with van der Waals surface area (Å²) in [6.45, 7) is 0. The van der Waals surface area contributed by atoms with Gasteiger partial charge in [-0.2, -0.15) is 0 Å². The van der Waals surface area contributed by atoms with Crippen molar-refractivity contribution in [1.82, 2.24) is 4.98 Å². The van der Waals surface area contributed by atoms with Gasteiger partial charge in [0.25, 0.3) is 15.7 Å². The van der Waals surface area contributed by atoms with Gasteiger partial charge < -0.3 is 5.32 Å². The van der Waals surface area contributed by atoms with Crippen molar-refractivity contribution in [3.8, 4) is 0 Å². The fourth-order valence-electron chi connectivity index (χ4n) is 1.69. The predicted octanol–water partition coefficient (Wildman–Crippen LogP) is 1.83. The standard InChI is InChI=1S/C12H12N4O4S/c1-13-11-8-10(16(17)18)2-3-12(11)21(19,20)15-9-4-6-14-7-5-9/h2-8,13H,1H3,(H,14,15). The SMILES string of the molecule is CNc1cc([N+](=O)[O-])ccc1S(=O)(=O)Nc1ccncc1. The molecule has 110 valence electrons. The van der Waals surface area contributed by atoms with E-state index in [0.29, 0.717) is 5.69 Å². The largest absolute Gasteiger partial charge is 0.387 e. The highest BCUT2D eigenvalue weighted by atomic mass is 32.2. The lowest BCUT2D eigenvalue weighted by Gasteiger charge is -2.11. The summed E-state index contributed by atoms with van der Waals surface area (Å²) < 4.78 is 27.0. The number of non-ortho nitro benzene ring substituents is 1. The number of rotatable bonds is 5. The molecule has 8 nitrogen and oxygen atoms in total. The van der Waals surface area contributed by atoms with Crippen molar-refractivity contribution in [2.24, 2.45) is 0 Å². The van der Waals surface area contributed by atoms with E-state index in [4.69, 9.17) is 0 Å². The molecule has 0 aliphatic heterocycles. The lowest BCUT2D eigenvalue weighted by molar-refractivity contribution is -0.384.